The fraction of sp³-hybridized carbons (Fsp3) is 0.111. The number of aryl methyl sites for hydroxylation is 1. The zero-order valence-corrected chi connectivity index (χ0v) is 13.7. The highest BCUT2D eigenvalue weighted by atomic mass is 32.1. The Balaban J connectivity index is 1.70. The van der Waals surface area contributed by atoms with Gasteiger partial charge in [0.1, 0.15) is 0 Å². The summed E-state index contributed by atoms with van der Waals surface area (Å²) >= 11 is 1.31. The second-order valence-corrected chi connectivity index (χ2v) is 6.44. The average Bonchev–Trinajstić information content (AvgIpc) is 2.98. The van der Waals surface area contributed by atoms with Crippen LogP contribution in [0.15, 0.2) is 48.7 Å². The fourth-order valence-corrected chi connectivity index (χ4v) is 3.13. The number of rotatable bonds is 4. The minimum Gasteiger partial charge on any atom is -0.298 e. The Morgan fingerprint density at radius 2 is 1.96 bits per heavy atom. The highest BCUT2D eigenvalue weighted by Crippen LogP contribution is 2.23. The summed E-state index contributed by atoms with van der Waals surface area (Å²) in [4.78, 5) is 17.3. The zero-order chi connectivity index (χ0) is 17.1. The molecule has 0 atom stereocenters. The molecule has 3 aromatic rings. The zero-order valence-electron chi connectivity index (χ0n) is 12.8. The fourth-order valence-electron chi connectivity index (χ4n) is 2.29. The van der Waals surface area contributed by atoms with Crippen molar-refractivity contribution in [3.05, 3.63) is 81.9 Å². The van der Waals surface area contributed by atoms with Crippen LogP contribution in [0.1, 0.15) is 26.4 Å². The van der Waals surface area contributed by atoms with Crippen LogP contribution in [0.3, 0.4) is 0 Å². The molecule has 1 amide bonds. The lowest BCUT2D eigenvalue weighted by Crippen LogP contribution is -2.12. The predicted molar refractivity (Wildman–Crippen MR) is 90.4 cm³/mol. The molecule has 6 heteroatoms. The van der Waals surface area contributed by atoms with Crippen molar-refractivity contribution in [1.82, 2.24) is 4.98 Å². The predicted octanol–water partition coefficient (Wildman–Crippen LogP) is 4.57. The molecule has 2 aromatic carbocycles. The van der Waals surface area contributed by atoms with E-state index in [9.17, 15) is 13.6 Å². The lowest BCUT2D eigenvalue weighted by Gasteiger charge is -2.04. The summed E-state index contributed by atoms with van der Waals surface area (Å²) in [6.07, 6.45) is 2.05. The van der Waals surface area contributed by atoms with Crippen LogP contribution in [0, 0.1) is 18.6 Å². The van der Waals surface area contributed by atoms with E-state index in [1.165, 1.54) is 23.5 Å². The highest BCUT2D eigenvalue weighted by Gasteiger charge is 2.11. The number of carbonyl (C=O) groups excluding carboxylic acids is 1. The monoisotopic (exact) mass is 344 g/mol. The molecule has 0 fully saturated rings. The van der Waals surface area contributed by atoms with Gasteiger partial charge in [-0.2, -0.15) is 0 Å². The SMILES string of the molecule is Cc1ccccc1C(=O)Nc1ncc(Cc2ccc(F)c(F)c2)s1. The molecule has 0 aliphatic heterocycles. The number of nitrogens with one attached hydrogen (secondary N) is 1. The second kappa shape index (κ2) is 6.88. The van der Waals surface area contributed by atoms with Crippen LogP contribution in [0.4, 0.5) is 13.9 Å². The lowest BCUT2D eigenvalue weighted by atomic mass is 10.1. The molecule has 24 heavy (non-hydrogen) atoms. The number of benzene rings is 2. The van der Waals surface area contributed by atoms with Crippen molar-refractivity contribution in [1.29, 1.82) is 0 Å². The van der Waals surface area contributed by atoms with E-state index in [-0.39, 0.29) is 5.91 Å². The van der Waals surface area contributed by atoms with Crippen LogP contribution in [0.5, 0.6) is 0 Å². The molecule has 3 rings (SSSR count). The van der Waals surface area contributed by atoms with Gasteiger partial charge in [0.2, 0.25) is 0 Å². The van der Waals surface area contributed by atoms with E-state index >= 15 is 0 Å². The minimum atomic E-state index is -0.870. The first kappa shape index (κ1) is 16.3. The highest BCUT2D eigenvalue weighted by molar-refractivity contribution is 7.15. The van der Waals surface area contributed by atoms with Crippen LogP contribution in [0.2, 0.25) is 0 Å². The van der Waals surface area contributed by atoms with Gasteiger partial charge >= 0.3 is 0 Å². The molecule has 0 bridgehead atoms. The van der Waals surface area contributed by atoms with Crippen LogP contribution in [-0.4, -0.2) is 10.9 Å². The van der Waals surface area contributed by atoms with Gasteiger partial charge in [-0.3, -0.25) is 10.1 Å². The first-order valence-electron chi connectivity index (χ1n) is 7.28. The average molecular weight is 344 g/mol. The number of nitrogens with zero attached hydrogens (tertiary/aromatic N) is 1. The Morgan fingerprint density at radius 1 is 1.17 bits per heavy atom. The number of anilines is 1. The molecule has 0 aliphatic carbocycles. The Labute approximate surface area is 142 Å². The van der Waals surface area contributed by atoms with Crippen LogP contribution in [-0.2, 0) is 6.42 Å². The molecule has 122 valence electrons. The van der Waals surface area contributed by atoms with Crippen molar-refractivity contribution in [2.24, 2.45) is 0 Å². The maximum absolute atomic E-state index is 13.2. The third kappa shape index (κ3) is 3.65. The topological polar surface area (TPSA) is 42.0 Å². The third-order valence-electron chi connectivity index (χ3n) is 3.53. The van der Waals surface area contributed by atoms with Gasteiger partial charge in [0.15, 0.2) is 16.8 Å². The summed E-state index contributed by atoms with van der Waals surface area (Å²) in [5, 5.41) is 3.23. The molecule has 0 unspecified atom stereocenters. The first-order chi connectivity index (χ1) is 11.5. The Bertz CT molecular complexity index is 892. The molecule has 0 radical (unpaired) electrons. The summed E-state index contributed by atoms with van der Waals surface area (Å²) < 4.78 is 26.2. The maximum Gasteiger partial charge on any atom is 0.257 e. The lowest BCUT2D eigenvalue weighted by molar-refractivity contribution is 0.102. The van der Waals surface area contributed by atoms with Crippen LogP contribution >= 0.6 is 11.3 Å². The molecule has 0 aliphatic rings. The van der Waals surface area contributed by atoms with Crippen molar-refractivity contribution in [3.8, 4) is 0 Å². The molecule has 0 saturated heterocycles. The van der Waals surface area contributed by atoms with E-state index in [0.29, 0.717) is 22.7 Å². The van der Waals surface area contributed by atoms with E-state index in [1.807, 2.05) is 19.1 Å². The summed E-state index contributed by atoms with van der Waals surface area (Å²) in [6, 6.07) is 11.1. The number of carbonyl (C=O) groups is 1. The van der Waals surface area contributed by atoms with E-state index in [4.69, 9.17) is 0 Å². The Morgan fingerprint density at radius 3 is 2.71 bits per heavy atom. The van der Waals surface area contributed by atoms with E-state index in [2.05, 4.69) is 10.3 Å². The van der Waals surface area contributed by atoms with Gasteiger partial charge in [-0.25, -0.2) is 13.8 Å². The first-order valence-corrected chi connectivity index (χ1v) is 8.10. The second-order valence-electron chi connectivity index (χ2n) is 5.33. The summed E-state index contributed by atoms with van der Waals surface area (Å²) in [5.41, 5.74) is 2.12. The smallest absolute Gasteiger partial charge is 0.257 e. The van der Waals surface area contributed by atoms with Crippen molar-refractivity contribution in [2.45, 2.75) is 13.3 Å². The van der Waals surface area contributed by atoms with Gasteiger partial charge in [-0.15, -0.1) is 11.3 Å². The minimum absolute atomic E-state index is 0.221. The Hall–Kier alpha value is -2.60. The van der Waals surface area contributed by atoms with Crippen LogP contribution < -0.4 is 5.32 Å². The van der Waals surface area contributed by atoms with Gasteiger partial charge in [-0.1, -0.05) is 24.3 Å². The molecular weight excluding hydrogens is 330 g/mol. The van der Waals surface area contributed by atoms with E-state index in [0.717, 1.165) is 16.5 Å². The summed E-state index contributed by atoms with van der Waals surface area (Å²) in [5.74, 6) is -1.96. The summed E-state index contributed by atoms with van der Waals surface area (Å²) in [6.45, 7) is 1.87. The van der Waals surface area contributed by atoms with Crippen LogP contribution in [0.25, 0.3) is 0 Å². The number of hydrogen-bond donors (Lipinski definition) is 1. The van der Waals surface area contributed by atoms with Crippen molar-refractivity contribution in [3.63, 3.8) is 0 Å². The molecule has 1 N–H and O–H groups in total. The van der Waals surface area contributed by atoms with Gasteiger partial charge in [0.25, 0.3) is 5.91 Å². The third-order valence-corrected chi connectivity index (χ3v) is 4.44. The number of thiazole rings is 1. The van der Waals surface area contributed by atoms with Gasteiger partial charge in [0.05, 0.1) is 0 Å². The largest absolute Gasteiger partial charge is 0.298 e. The molecular formula is C18H14F2N2OS. The maximum atomic E-state index is 13.2. The van der Waals surface area contributed by atoms with Gasteiger partial charge in [-0.05, 0) is 36.2 Å². The number of amides is 1. The van der Waals surface area contributed by atoms with Crippen molar-refractivity contribution in [2.75, 3.05) is 5.32 Å². The molecule has 3 nitrogen and oxygen atoms in total. The van der Waals surface area contributed by atoms with Crippen molar-refractivity contribution < 1.29 is 13.6 Å². The number of hydrogen-bond acceptors (Lipinski definition) is 3. The summed E-state index contributed by atoms with van der Waals surface area (Å²) in [7, 11) is 0. The normalized spacial score (nSPS) is 10.6. The van der Waals surface area contributed by atoms with Gasteiger partial charge < -0.3 is 0 Å². The number of aromatic nitrogens is 1. The molecule has 0 saturated carbocycles. The van der Waals surface area contributed by atoms with E-state index in [1.54, 1.807) is 18.3 Å². The number of halogens is 2. The van der Waals surface area contributed by atoms with E-state index < -0.39 is 11.6 Å². The standard InChI is InChI=1S/C18H14F2N2OS/c1-11-4-2-3-5-14(11)17(23)22-18-21-10-13(24-18)8-12-6-7-15(19)16(20)9-12/h2-7,9-10H,8H2,1H3,(H,21,22,23). The molecule has 1 heterocycles. The Kier molecular flexibility index (Phi) is 4.66. The van der Waals surface area contributed by atoms with Gasteiger partial charge in [0, 0.05) is 23.1 Å². The molecule has 0 spiro atoms. The molecule has 1 aromatic heterocycles. The van der Waals surface area contributed by atoms with Crippen molar-refractivity contribution >= 4 is 22.4 Å². The quantitative estimate of drug-likeness (QED) is 0.753.